The molecule has 0 heterocycles. The summed E-state index contributed by atoms with van der Waals surface area (Å²) in [5, 5.41) is 2.74. The summed E-state index contributed by atoms with van der Waals surface area (Å²) in [6.07, 6.45) is 3.58. The van der Waals surface area contributed by atoms with Gasteiger partial charge in [0.1, 0.15) is 0 Å². The first-order valence-electron chi connectivity index (χ1n) is 8.91. The minimum Gasteiger partial charge on any atom is -0.493 e. The summed E-state index contributed by atoms with van der Waals surface area (Å²) < 4.78 is 15.3. The molecule has 0 atom stereocenters. The van der Waals surface area contributed by atoms with Gasteiger partial charge in [0.15, 0.2) is 18.1 Å². The second-order valence-electron chi connectivity index (χ2n) is 6.08. The fourth-order valence-corrected chi connectivity index (χ4v) is 2.58. The highest BCUT2D eigenvalue weighted by molar-refractivity contribution is 5.89. The summed E-state index contributed by atoms with van der Waals surface area (Å²) in [6, 6.07) is 13.3. The van der Waals surface area contributed by atoms with Crippen LogP contribution in [0.1, 0.15) is 16.7 Å². The number of ether oxygens (including phenoxy) is 3. The van der Waals surface area contributed by atoms with Crippen molar-refractivity contribution in [2.24, 2.45) is 0 Å². The van der Waals surface area contributed by atoms with Crippen LogP contribution in [0.2, 0.25) is 0 Å². The number of aryl methyl sites for hydroxylation is 1. The normalized spacial score (nSPS) is 10.5. The fraction of sp³-hybridized carbons (Fsp3) is 0.273. The van der Waals surface area contributed by atoms with Crippen LogP contribution in [0.4, 0.5) is 0 Å². The van der Waals surface area contributed by atoms with Gasteiger partial charge < -0.3 is 19.5 Å². The Hall–Kier alpha value is -3.28. The maximum absolute atomic E-state index is 11.8. The number of hydrogen-bond donors (Lipinski definition) is 1. The van der Waals surface area contributed by atoms with Crippen LogP contribution in [-0.4, -0.2) is 39.2 Å². The molecule has 6 heteroatoms. The zero-order valence-corrected chi connectivity index (χ0v) is 16.4. The van der Waals surface area contributed by atoms with Crippen molar-refractivity contribution in [1.29, 1.82) is 0 Å². The Bertz CT molecular complexity index is 845. The third-order valence-corrected chi connectivity index (χ3v) is 4.14. The third-order valence-electron chi connectivity index (χ3n) is 4.14. The van der Waals surface area contributed by atoms with Crippen molar-refractivity contribution in [2.75, 3.05) is 27.4 Å². The predicted molar refractivity (Wildman–Crippen MR) is 107 cm³/mol. The van der Waals surface area contributed by atoms with Gasteiger partial charge >= 0.3 is 5.97 Å². The summed E-state index contributed by atoms with van der Waals surface area (Å²) in [7, 11) is 3.09. The van der Waals surface area contributed by atoms with Crippen LogP contribution >= 0.6 is 0 Å². The van der Waals surface area contributed by atoms with E-state index in [-0.39, 0.29) is 12.5 Å². The Kier molecular flexibility index (Phi) is 8.09. The Balaban J connectivity index is 1.75. The lowest BCUT2D eigenvalue weighted by molar-refractivity contribution is -0.143. The Labute approximate surface area is 165 Å². The molecule has 148 valence electrons. The second-order valence-corrected chi connectivity index (χ2v) is 6.08. The molecule has 0 radical (unpaired) electrons. The summed E-state index contributed by atoms with van der Waals surface area (Å²) in [5.74, 6) is 0.237. The molecule has 0 saturated heterocycles. The molecule has 2 aromatic rings. The molecule has 2 aromatic carbocycles. The van der Waals surface area contributed by atoms with Crippen LogP contribution in [0, 0.1) is 6.92 Å². The van der Waals surface area contributed by atoms with E-state index in [0.717, 1.165) is 12.0 Å². The number of carbonyl (C=O) groups excluding carboxylic acids is 2. The lowest BCUT2D eigenvalue weighted by atomic mass is 10.1. The van der Waals surface area contributed by atoms with Gasteiger partial charge in [-0.1, -0.05) is 30.3 Å². The maximum atomic E-state index is 11.8. The van der Waals surface area contributed by atoms with Crippen LogP contribution in [0.5, 0.6) is 11.5 Å². The lowest BCUT2D eigenvalue weighted by Gasteiger charge is -2.08. The largest absolute Gasteiger partial charge is 0.493 e. The topological polar surface area (TPSA) is 73.9 Å². The average molecular weight is 383 g/mol. The summed E-state index contributed by atoms with van der Waals surface area (Å²) in [4.78, 5) is 23.6. The van der Waals surface area contributed by atoms with Crippen LogP contribution in [0.25, 0.3) is 6.08 Å². The molecule has 0 spiro atoms. The van der Waals surface area contributed by atoms with E-state index in [2.05, 4.69) is 5.32 Å². The van der Waals surface area contributed by atoms with Gasteiger partial charge in [0, 0.05) is 12.6 Å². The second kappa shape index (κ2) is 10.8. The number of carbonyl (C=O) groups is 2. The van der Waals surface area contributed by atoms with E-state index < -0.39 is 5.97 Å². The third kappa shape index (κ3) is 6.46. The molecule has 0 aliphatic heterocycles. The van der Waals surface area contributed by atoms with E-state index in [1.165, 1.54) is 24.3 Å². The van der Waals surface area contributed by atoms with E-state index in [9.17, 15) is 9.59 Å². The minimum absolute atomic E-state index is 0.317. The van der Waals surface area contributed by atoms with E-state index in [0.29, 0.717) is 18.0 Å². The van der Waals surface area contributed by atoms with Crippen LogP contribution in [-0.2, 0) is 20.7 Å². The SMILES string of the molecule is COc1ccc(/C=C/C(=O)OCC(=O)NCCc2ccccc2C)cc1OC. The van der Waals surface area contributed by atoms with Crippen molar-refractivity contribution in [3.05, 3.63) is 65.2 Å². The molecule has 6 nitrogen and oxygen atoms in total. The lowest BCUT2D eigenvalue weighted by Crippen LogP contribution is -2.30. The number of hydrogen-bond acceptors (Lipinski definition) is 5. The Morgan fingerprint density at radius 2 is 1.79 bits per heavy atom. The predicted octanol–water partition coefficient (Wildman–Crippen LogP) is 2.93. The van der Waals surface area contributed by atoms with Gasteiger partial charge in [-0.3, -0.25) is 4.79 Å². The van der Waals surface area contributed by atoms with E-state index in [4.69, 9.17) is 14.2 Å². The minimum atomic E-state index is -0.594. The van der Waals surface area contributed by atoms with Crippen LogP contribution in [0.3, 0.4) is 0 Å². The molecule has 0 bridgehead atoms. The van der Waals surface area contributed by atoms with Crippen molar-refractivity contribution in [3.8, 4) is 11.5 Å². The molecule has 1 N–H and O–H groups in total. The quantitative estimate of drug-likeness (QED) is 0.532. The summed E-state index contributed by atoms with van der Waals surface area (Å²) in [5.41, 5.74) is 3.11. The van der Waals surface area contributed by atoms with E-state index in [1.807, 2.05) is 31.2 Å². The fourth-order valence-electron chi connectivity index (χ4n) is 2.58. The molecule has 28 heavy (non-hydrogen) atoms. The van der Waals surface area contributed by atoms with Crippen molar-refractivity contribution in [1.82, 2.24) is 5.32 Å². The highest BCUT2D eigenvalue weighted by atomic mass is 16.5. The van der Waals surface area contributed by atoms with Gasteiger partial charge in [-0.15, -0.1) is 0 Å². The molecule has 0 aromatic heterocycles. The molecule has 0 aliphatic rings. The highest BCUT2D eigenvalue weighted by Crippen LogP contribution is 2.27. The molecule has 0 unspecified atom stereocenters. The number of nitrogens with one attached hydrogen (secondary N) is 1. The first kappa shape index (κ1) is 21.0. The maximum Gasteiger partial charge on any atom is 0.331 e. The number of methoxy groups -OCH3 is 2. The number of amides is 1. The molecular weight excluding hydrogens is 358 g/mol. The first-order valence-corrected chi connectivity index (χ1v) is 8.91. The smallest absolute Gasteiger partial charge is 0.331 e. The molecule has 0 saturated carbocycles. The van der Waals surface area contributed by atoms with Crippen molar-refractivity contribution in [2.45, 2.75) is 13.3 Å². The zero-order valence-electron chi connectivity index (χ0n) is 16.4. The molecule has 0 aliphatic carbocycles. The highest BCUT2D eigenvalue weighted by Gasteiger charge is 2.06. The van der Waals surface area contributed by atoms with Crippen molar-refractivity contribution >= 4 is 18.0 Å². The van der Waals surface area contributed by atoms with Crippen molar-refractivity contribution in [3.63, 3.8) is 0 Å². The Morgan fingerprint density at radius 1 is 1.04 bits per heavy atom. The monoisotopic (exact) mass is 383 g/mol. The van der Waals surface area contributed by atoms with Crippen LogP contribution < -0.4 is 14.8 Å². The summed E-state index contributed by atoms with van der Waals surface area (Å²) >= 11 is 0. The van der Waals surface area contributed by atoms with Crippen LogP contribution in [0.15, 0.2) is 48.5 Å². The number of rotatable bonds is 9. The van der Waals surface area contributed by atoms with E-state index in [1.54, 1.807) is 31.4 Å². The number of esters is 1. The van der Waals surface area contributed by atoms with E-state index >= 15 is 0 Å². The molecule has 1 amide bonds. The summed E-state index contributed by atoms with van der Waals surface area (Å²) in [6.45, 7) is 2.20. The molecule has 2 rings (SSSR count). The van der Waals surface area contributed by atoms with Gasteiger partial charge in [-0.05, 0) is 48.2 Å². The van der Waals surface area contributed by atoms with Crippen molar-refractivity contribution < 1.29 is 23.8 Å². The van der Waals surface area contributed by atoms with Gasteiger partial charge in [-0.2, -0.15) is 0 Å². The number of benzene rings is 2. The standard InChI is InChI=1S/C22H25NO5/c1-16-6-4-5-7-18(16)12-13-23-21(24)15-28-22(25)11-9-17-8-10-19(26-2)20(14-17)27-3/h4-11,14H,12-13,15H2,1-3H3,(H,23,24)/b11-9+. The van der Waals surface area contributed by atoms with Gasteiger partial charge in [-0.25, -0.2) is 4.79 Å². The first-order chi connectivity index (χ1) is 13.5. The van der Waals surface area contributed by atoms with Gasteiger partial charge in [0.05, 0.1) is 14.2 Å². The van der Waals surface area contributed by atoms with Gasteiger partial charge in [0.25, 0.3) is 5.91 Å². The zero-order chi connectivity index (χ0) is 20.4. The Morgan fingerprint density at radius 3 is 2.50 bits per heavy atom. The average Bonchev–Trinajstić information content (AvgIpc) is 2.71. The molecular formula is C22H25NO5. The molecule has 0 fully saturated rings. The van der Waals surface area contributed by atoms with Gasteiger partial charge in [0.2, 0.25) is 0 Å².